The van der Waals surface area contributed by atoms with E-state index in [0.29, 0.717) is 26.1 Å². The Morgan fingerprint density at radius 1 is 1.21 bits per heavy atom. The molecule has 1 amide bonds. The molecule has 126 valence electrons. The van der Waals surface area contributed by atoms with Gasteiger partial charge in [-0.3, -0.25) is 4.79 Å². The van der Waals surface area contributed by atoms with Crippen LogP contribution >= 0.6 is 0 Å². The van der Waals surface area contributed by atoms with Crippen molar-refractivity contribution < 1.29 is 14.3 Å². The van der Waals surface area contributed by atoms with Crippen molar-refractivity contribution in [2.75, 3.05) is 18.1 Å². The third-order valence-corrected chi connectivity index (χ3v) is 4.20. The van der Waals surface area contributed by atoms with Crippen LogP contribution in [0.2, 0.25) is 0 Å². The van der Waals surface area contributed by atoms with Crippen LogP contribution in [0, 0.1) is 6.92 Å². The van der Waals surface area contributed by atoms with E-state index in [4.69, 9.17) is 9.47 Å². The molecule has 0 spiro atoms. The van der Waals surface area contributed by atoms with Crippen molar-refractivity contribution in [2.24, 2.45) is 0 Å². The van der Waals surface area contributed by atoms with Crippen LogP contribution in [0.5, 0.6) is 11.5 Å². The minimum atomic E-state index is 0.0460. The van der Waals surface area contributed by atoms with Crippen molar-refractivity contribution in [3.05, 3.63) is 54.1 Å². The molecule has 24 heavy (non-hydrogen) atoms. The molecule has 0 fully saturated rings. The van der Waals surface area contributed by atoms with Gasteiger partial charge in [0.1, 0.15) is 18.1 Å². The van der Waals surface area contributed by atoms with Gasteiger partial charge in [0.15, 0.2) is 0 Å². The zero-order valence-corrected chi connectivity index (χ0v) is 14.2. The maximum Gasteiger partial charge on any atom is 0.227 e. The number of benzene rings is 2. The minimum absolute atomic E-state index is 0.0460. The molecule has 1 aliphatic heterocycles. The highest BCUT2D eigenvalue weighted by atomic mass is 16.5. The molecule has 1 atom stereocenters. The summed E-state index contributed by atoms with van der Waals surface area (Å²) < 4.78 is 11.5. The van der Waals surface area contributed by atoms with Crippen LogP contribution in [0.25, 0.3) is 0 Å². The minimum Gasteiger partial charge on any atom is -0.493 e. The molecule has 3 rings (SSSR count). The quantitative estimate of drug-likeness (QED) is 0.781. The van der Waals surface area contributed by atoms with Gasteiger partial charge in [-0.2, -0.15) is 0 Å². The number of anilines is 1. The monoisotopic (exact) mass is 325 g/mol. The summed E-state index contributed by atoms with van der Waals surface area (Å²) in [7, 11) is 0. The molecule has 0 N–H and O–H groups in total. The average Bonchev–Trinajstić information content (AvgIpc) is 2.60. The highest BCUT2D eigenvalue weighted by molar-refractivity contribution is 5.95. The molecular weight excluding hydrogens is 302 g/mol. The first-order valence-corrected chi connectivity index (χ1v) is 8.39. The summed E-state index contributed by atoms with van der Waals surface area (Å²) in [5, 5.41) is 0. The first-order chi connectivity index (χ1) is 11.7. The number of carbonyl (C=O) groups excluding carboxylic acids is 1. The summed E-state index contributed by atoms with van der Waals surface area (Å²) in [5.74, 6) is 1.78. The summed E-state index contributed by atoms with van der Waals surface area (Å²) in [6.07, 6.45) is 1.16. The Morgan fingerprint density at radius 3 is 2.79 bits per heavy atom. The Hall–Kier alpha value is -2.49. The van der Waals surface area contributed by atoms with Gasteiger partial charge in [-0.15, -0.1) is 0 Å². The molecule has 1 aliphatic rings. The Balaban J connectivity index is 1.56. The van der Waals surface area contributed by atoms with Gasteiger partial charge in [-0.25, -0.2) is 0 Å². The Bertz CT molecular complexity index is 714. The SMILES string of the molecule is Cc1ccccc1OCCCC(=O)N1c2ccccc2OCC1C. The predicted molar refractivity (Wildman–Crippen MR) is 94.8 cm³/mol. The van der Waals surface area contributed by atoms with Gasteiger partial charge >= 0.3 is 0 Å². The molecule has 2 aromatic carbocycles. The highest BCUT2D eigenvalue weighted by Crippen LogP contribution is 2.33. The lowest BCUT2D eigenvalue weighted by Gasteiger charge is -2.35. The lowest BCUT2D eigenvalue weighted by atomic mass is 10.1. The van der Waals surface area contributed by atoms with Crippen molar-refractivity contribution in [3.8, 4) is 11.5 Å². The van der Waals surface area contributed by atoms with Crippen molar-refractivity contribution in [1.82, 2.24) is 0 Å². The van der Waals surface area contributed by atoms with E-state index in [-0.39, 0.29) is 11.9 Å². The van der Waals surface area contributed by atoms with E-state index in [1.165, 1.54) is 0 Å². The van der Waals surface area contributed by atoms with Gasteiger partial charge in [-0.05, 0) is 44.0 Å². The molecule has 0 saturated carbocycles. The first kappa shape index (κ1) is 16.4. The van der Waals surface area contributed by atoms with Crippen LogP contribution in [0.1, 0.15) is 25.3 Å². The highest BCUT2D eigenvalue weighted by Gasteiger charge is 2.28. The van der Waals surface area contributed by atoms with Gasteiger partial charge in [0.2, 0.25) is 5.91 Å². The molecular formula is C20H23NO3. The molecule has 0 aromatic heterocycles. The molecule has 0 radical (unpaired) electrons. The summed E-state index contributed by atoms with van der Waals surface area (Å²) in [5.41, 5.74) is 1.97. The summed E-state index contributed by atoms with van der Waals surface area (Å²) >= 11 is 0. The van der Waals surface area contributed by atoms with Crippen molar-refractivity contribution >= 4 is 11.6 Å². The fourth-order valence-electron chi connectivity index (χ4n) is 2.93. The second-order valence-corrected chi connectivity index (χ2v) is 6.11. The number of rotatable bonds is 5. The smallest absolute Gasteiger partial charge is 0.227 e. The van der Waals surface area contributed by atoms with E-state index in [9.17, 15) is 4.79 Å². The Morgan fingerprint density at radius 2 is 1.96 bits per heavy atom. The number of fused-ring (bicyclic) bond motifs is 1. The summed E-state index contributed by atoms with van der Waals surface area (Å²) in [4.78, 5) is 14.5. The lowest BCUT2D eigenvalue weighted by Crippen LogP contribution is -2.45. The number of hydrogen-bond acceptors (Lipinski definition) is 3. The summed E-state index contributed by atoms with van der Waals surface area (Å²) in [6, 6.07) is 15.7. The van der Waals surface area contributed by atoms with E-state index in [2.05, 4.69) is 0 Å². The van der Waals surface area contributed by atoms with Crippen LogP contribution in [-0.4, -0.2) is 25.2 Å². The first-order valence-electron chi connectivity index (χ1n) is 8.39. The Kier molecular flexibility index (Phi) is 5.04. The van der Waals surface area contributed by atoms with Gasteiger partial charge < -0.3 is 14.4 Å². The van der Waals surface area contributed by atoms with E-state index in [1.807, 2.05) is 67.3 Å². The Labute approximate surface area is 143 Å². The average molecular weight is 325 g/mol. The number of amides is 1. The third-order valence-electron chi connectivity index (χ3n) is 4.20. The van der Waals surface area contributed by atoms with Gasteiger partial charge in [0, 0.05) is 6.42 Å². The second kappa shape index (κ2) is 7.39. The predicted octanol–water partition coefficient (Wildman–Crippen LogP) is 3.97. The second-order valence-electron chi connectivity index (χ2n) is 6.11. The van der Waals surface area contributed by atoms with Crippen LogP contribution < -0.4 is 14.4 Å². The molecule has 1 unspecified atom stereocenters. The molecule has 4 nitrogen and oxygen atoms in total. The topological polar surface area (TPSA) is 38.8 Å². The van der Waals surface area contributed by atoms with E-state index in [0.717, 1.165) is 22.7 Å². The normalized spacial score (nSPS) is 16.2. The van der Waals surface area contributed by atoms with Crippen LogP contribution in [0.15, 0.2) is 48.5 Å². The number of ether oxygens (including phenoxy) is 2. The molecule has 0 saturated heterocycles. The number of aryl methyl sites for hydroxylation is 1. The fraction of sp³-hybridized carbons (Fsp3) is 0.350. The molecule has 0 bridgehead atoms. The largest absolute Gasteiger partial charge is 0.493 e. The van der Waals surface area contributed by atoms with Crippen LogP contribution in [-0.2, 0) is 4.79 Å². The van der Waals surface area contributed by atoms with Gasteiger partial charge in [0.25, 0.3) is 0 Å². The van der Waals surface area contributed by atoms with E-state index in [1.54, 1.807) is 0 Å². The number of hydrogen-bond donors (Lipinski definition) is 0. The van der Waals surface area contributed by atoms with Crippen molar-refractivity contribution in [2.45, 2.75) is 32.7 Å². The maximum atomic E-state index is 12.7. The standard InChI is InChI=1S/C20H23NO3/c1-15-8-3-5-10-18(15)23-13-7-12-20(22)21-16(2)14-24-19-11-6-4-9-17(19)21/h3-6,8-11,16H,7,12-14H2,1-2H3. The molecule has 0 aliphatic carbocycles. The molecule has 1 heterocycles. The number of para-hydroxylation sites is 3. The third kappa shape index (κ3) is 3.53. The van der Waals surface area contributed by atoms with E-state index >= 15 is 0 Å². The zero-order valence-electron chi connectivity index (χ0n) is 14.2. The van der Waals surface area contributed by atoms with Crippen molar-refractivity contribution in [3.63, 3.8) is 0 Å². The summed E-state index contributed by atoms with van der Waals surface area (Å²) in [6.45, 7) is 5.10. The van der Waals surface area contributed by atoms with Crippen molar-refractivity contribution in [1.29, 1.82) is 0 Å². The fourth-order valence-corrected chi connectivity index (χ4v) is 2.93. The van der Waals surface area contributed by atoms with Gasteiger partial charge in [-0.1, -0.05) is 30.3 Å². The lowest BCUT2D eigenvalue weighted by molar-refractivity contribution is -0.119. The zero-order chi connectivity index (χ0) is 16.9. The maximum absolute atomic E-state index is 12.7. The number of carbonyl (C=O) groups is 1. The number of nitrogens with zero attached hydrogens (tertiary/aromatic N) is 1. The molecule has 2 aromatic rings. The van der Waals surface area contributed by atoms with E-state index < -0.39 is 0 Å². The van der Waals surface area contributed by atoms with Crippen LogP contribution in [0.4, 0.5) is 5.69 Å². The molecule has 4 heteroatoms. The van der Waals surface area contributed by atoms with Gasteiger partial charge in [0.05, 0.1) is 18.3 Å². The van der Waals surface area contributed by atoms with Crippen LogP contribution in [0.3, 0.4) is 0 Å².